The maximum Gasteiger partial charge on any atom is 0.229 e. The molecule has 0 fully saturated rings. The average molecular weight is 476 g/mol. The lowest BCUT2D eigenvalue weighted by Crippen LogP contribution is -2.04. The monoisotopic (exact) mass is 475 g/mol. The van der Waals surface area contributed by atoms with Crippen LogP contribution in [-0.4, -0.2) is 30.4 Å². The largest absolute Gasteiger partial charge is 0.497 e. The number of rotatable bonds is 8. The van der Waals surface area contributed by atoms with Gasteiger partial charge in [-0.25, -0.2) is 4.98 Å². The van der Waals surface area contributed by atoms with E-state index in [4.69, 9.17) is 21.1 Å². The summed E-state index contributed by atoms with van der Waals surface area (Å²) in [4.78, 5) is 8.87. The standard InChI is InChI=1S/C21H24ClN5O2S.C2H6/c1-12-9-19(29-4)13(2)8-17(12)25-21-23-11-15(22)20(26-21)24-16-7-6-14(28-3)10-18(16)27-30-5;1-2/h6-11,27H,1-5H3,(H2,23,24,25,26);1-2H3. The molecule has 0 atom stereocenters. The summed E-state index contributed by atoms with van der Waals surface area (Å²) in [5.74, 6) is 2.51. The number of nitrogens with zero attached hydrogens (tertiary/aromatic N) is 2. The Hall–Kier alpha value is -2.84. The molecular weight excluding hydrogens is 446 g/mol. The van der Waals surface area contributed by atoms with Crippen LogP contribution in [0.25, 0.3) is 0 Å². The van der Waals surface area contributed by atoms with Gasteiger partial charge in [-0.2, -0.15) is 4.98 Å². The van der Waals surface area contributed by atoms with E-state index in [2.05, 4.69) is 25.3 Å². The van der Waals surface area contributed by atoms with Gasteiger partial charge in [0.2, 0.25) is 5.95 Å². The first-order valence-corrected chi connectivity index (χ1v) is 11.7. The lowest BCUT2D eigenvalue weighted by Gasteiger charge is -2.16. The highest BCUT2D eigenvalue weighted by molar-refractivity contribution is 7.99. The maximum absolute atomic E-state index is 6.35. The van der Waals surface area contributed by atoms with Gasteiger partial charge in [0.25, 0.3) is 0 Å². The van der Waals surface area contributed by atoms with Gasteiger partial charge in [-0.1, -0.05) is 37.4 Å². The molecule has 3 aromatic rings. The quantitative estimate of drug-likeness (QED) is 0.301. The third-order valence-electron chi connectivity index (χ3n) is 4.42. The minimum Gasteiger partial charge on any atom is -0.497 e. The Balaban J connectivity index is 0.00000176. The van der Waals surface area contributed by atoms with Crippen molar-refractivity contribution >= 4 is 52.4 Å². The molecule has 0 aliphatic carbocycles. The highest BCUT2D eigenvalue weighted by Crippen LogP contribution is 2.33. The minimum absolute atomic E-state index is 0.411. The summed E-state index contributed by atoms with van der Waals surface area (Å²) in [6, 6.07) is 9.65. The van der Waals surface area contributed by atoms with Gasteiger partial charge in [0.05, 0.1) is 31.8 Å². The van der Waals surface area contributed by atoms with Crippen molar-refractivity contribution in [2.45, 2.75) is 27.7 Å². The number of anilines is 5. The molecule has 172 valence electrons. The van der Waals surface area contributed by atoms with Gasteiger partial charge in [-0.05, 0) is 49.2 Å². The van der Waals surface area contributed by atoms with Crippen molar-refractivity contribution in [2.24, 2.45) is 0 Å². The number of aryl methyl sites for hydroxylation is 2. The van der Waals surface area contributed by atoms with Gasteiger partial charge >= 0.3 is 0 Å². The number of nitrogens with one attached hydrogen (secondary N) is 3. The van der Waals surface area contributed by atoms with E-state index in [1.54, 1.807) is 20.4 Å². The third-order valence-corrected chi connectivity index (χ3v) is 5.12. The Kier molecular flexibility index (Phi) is 9.74. The molecule has 0 unspecified atom stereocenters. The Bertz CT molecular complexity index is 1050. The molecule has 0 amide bonds. The second kappa shape index (κ2) is 12.3. The smallest absolute Gasteiger partial charge is 0.229 e. The first-order chi connectivity index (χ1) is 15.4. The number of hydrogen-bond acceptors (Lipinski definition) is 8. The van der Waals surface area contributed by atoms with Crippen molar-refractivity contribution < 1.29 is 9.47 Å². The van der Waals surface area contributed by atoms with E-state index < -0.39 is 0 Å². The van der Waals surface area contributed by atoms with Crippen LogP contribution in [0.4, 0.5) is 28.8 Å². The summed E-state index contributed by atoms with van der Waals surface area (Å²) in [7, 11) is 3.29. The van der Waals surface area contributed by atoms with E-state index in [1.807, 2.05) is 64.3 Å². The topological polar surface area (TPSA) is 80.3 Å². The van der Waals surface area contributed by atoms with Crippen LogP contribution in [-0.2, 0) is 0 Å². The van der Waals surface area contributed by atoms with Gasteiger partial charge in [0.1, 0.15) is 16.5 Å². The van der Waals surface area contributed by atoms with Crippen molar-refractivity contribution in [1.82, 2.24) is 9.97 Å². The van der Waals surface area contributed by atoms with Crippen LogP contribution in [0.3, 0.4) is 0 Å². The Morgan fingerprint density at radius 3 is 2.31 bits per heavy atom. The van der Waals surface area contributed by atoms with Crippen LogP contribution in [0, 0.1) is 13.8 Å². The van der Waals surface area contributed by atoms with Gasteiger partial charge in [0.15, 0.2) is 5.82 Å². The number of hydrogen-bond donors (Lipinski definition) is 3. The molecule has 32 heavy (non-hydrogen) atoms. The second-order valence-corrected chi connectivity index (χ2v) is 7.51. The molecule has 9 heteroatoms. The van der Waals surface area contributed by atoms with Crippen LogP contribution < -0.4 is 24.8 Å². The SMILES string of the molecule is CC.COc1ccc(Nc2nc(Nc3cc(C)c(OC)cc3C)ncc2Cl)c(NSC)c1. The lowest BCUT2D eigenvalue weighted by molar-refractivity contribution is 0.411. The summed E-state index contributed by atoms with van der Waals surface area (Å²) in [6.07, 6.45) is 3.51. The predicted molar refractivity (Wildman–Crippen MR) is 138 cm³/mol. The van der Waals surface area contributed by atoms with E-state index in [9.17, 15) is 0 Å². The predicted octanol–water partition coefficient (Wildman–Crippen LogP) is 6.97. The summed E-state index contributed by atoms with van der Waals surface area (Å²) >= 11 is 7.83. The van der Waals surface area contributed by atoms with Crippen molar-refractivity contribution in [3.05, 3.63) is 52.7 Å². The third kappa shape index (κ3) is 6.34. The fourth-order valence-electron chi connectivity index (χ4n) is 2.86. The van der Waals surface area contributed by atoms with Crippen molar-refractivity contribution in [3.63, 3.8) is 0 Å². The Labute approximate surface area is 199 Å². The molecule has 0 spiro atoms. The molecule has 0 aliphatic rings. The molecule has 1 aromatic heterocycles. The number of aromatic nitrogens is 2. The zero-order valence-electron chi connectivity index (χ0n) is 19.5. The summed E-state index contributed by atoms with van der Waals surface area (Å²) < 4.78 is 13.9. The Morgan fingerprint density at radius 2 is 1.66 bits per heavy atom. The zero-order chi connectivity index (χ0) is 23.7. The fourth-order valence-corrected chi connectivity index (χ4v) is 3.39. The van der Waals surface area contributed by atoms with Crippen molar-refractivity contribution in [3.8, 4) is 11.5 Å². The Morgan fingerprint density at radius 1 is 0.906 bits per heavy atom. The molecule has 0 aliphatic heterocycles. The summed E-state index contributed by atoms with van der Waals surface area (Å²) in [5, 5.41) is 6.94. The summed E-state index contributed by atoms with van der Waals surface area (Å²) in [6.45, 7) is 7.99. The molecule has 1 heterocycles. The van der Waals surface area contributed by atoms with Crippen LogP contribution in [0.1, 0.15) is 25.0 Å². The number of benzene rings is 2. The van der Waals surface area contributed by atoms with Crippen LogP contribution in [0.2, 0.25) is 5.02 Å². The first kappa shape index (κ1) is 25.4. The van der Waals surface area contributed by atoms with Crippen LogP contribution >= 0.6 is 23.5 Å². The van der Waals surface area contributed by atoms with E-state index in [0.717, 1.165) is 39.7 Å². The molecule has 3 rings (SSSR count). The molecular formula is C23H30ClN5O2S. The fraction of sp³-hybridized carbons (Fsp3) is 0.304. The molecule has 0 bridgehead atoms. The van der Waals surface area contributed by atoms with Crippen molar-refractivity contribution in [1.29, 1.82) is 0 Å². The highest BCUT2D eigenvalue weighted by Gasteiger charge is 2.12. The van der Waals surface area contributed by atoms with Gasteiger partial charge in [0, 0.05) is 18.0 Å². The molecule has 0 saturated heterocycles. The minimum atomic E-state index is 0.411. The van der Waals surface area contributed by atoms with Crippen LogP contribution in [0.5, 0.6) is 11.5 Å². The first-order valence-electron chi connectivity index (χ1n) is 10.1. The van der Waals surface area contributed by atoms with Gasteiger partial charge < -0.3 is 24.8 Å². The maximum atomic E-state index is 6.35. The average Bonchev–Trinajstić information content (AvgIpc) is 2.80. The molecule has 7 nitrogen and oxygen atoms in total. The number of methoxy groups -OCH3 is 2. The normalized spacial score (nSPS) is 10.0. The zero-order valence-corrected chi connectivity index (χ0v) is 21.0. The number of halogens is 1. The van der Waals surface area contributed by atoms with Crippen LogP contribution in [0.15, 0.2) is 36.5 Å². The van der Waals surface area contributed by atoms with E-state index in [0.29, 0.717) is 16.8 Å². The van der Waals surface area contributed by atoms with Gasteiger partial charge in [-0.15, -0.1) is 0 Å². The van der Waals surface area contributed by atoms with E-state index in [1.165, 1.54) is 11.9 Å². The molecule has 3 N–H and O–H groups in total. The van der Waals surface area contributed by atoms with Crippen molar-refractivity contribution in [2.75, 3.05) is 35.8 Å². The second-order valence-electron chi connectivity index (χ2n) is 6.49. The molecule has 0 saturated carbocycles. The molecule has 0 radical (unpaired) electrons. The summed E-state index contributed by atoms with van der Waals surface area (Å²) in [5.41, 5.74) is 4.60. The molecule has 2 aromatic carbocycles. The highest BCUT2D eigenvalue weighted by atomic mass is 35.5. The van der Waals surface area contributed by atoms with E-state index >= 15 is 0 Å². The van der Waals surface area contributed by atoms with E-state index in [-0.39, 0.29) is 0 Å². The van der Waals surface area contributed by atoms with Gasteiger partial charge in [-0.3, -0.25) is 0 Å². The lowest BCUT2D eigenvalue weighted by atomic mass is 10.1. The number of ether oxygens (including phenoxy) is 2.